The lowest BCUT2D eigenvalue weighted by atomic mass is 9.59. The van der Waals surface area contributed by atoms with Crippen LogP contribution in [0.4, 0.5) is 51.2 Å². The van der Waals surface area contributed by atoms with Gasteiger partial charge in [0.15, 0.2) is 5.78 Å². The Morgan fingerprint density at radius 3 is 1.32 bits per heavy atom. The zero-order valence-electron chi connectivity index (χ0n) is 36.1. The predicted molar refractivity (Wildman–Crippen MR) is 271 cm³/mol. The number of carbonyl (C=O) groups is 1. The van der Waals surface area contributed by atoms with Crippen LogP contribution >= 0.6 is 0 Å². The molecule has 0 saturated heterocycles. The minimum Gasteiger partial charge on any atom is -0.310 e. The van der Waals surface area contributed by atoms with Crippen LogP contribution in [-0.4, -0.2) is 5.78 Å². The average Bonchev–Trinajstić information content (AvgIpc) is 3.40. The van der Waals surface area contributed by atoms with Crippen LogP contribution in [0.5, 0.6) is 0 Å². The largest absolute Gasteiger partial charge is 0.310 e. The average molecular weight is 846 g/mol. The monoisotopic (exact) mass is 845 g/mol. The van der Waals surface area contributed by atoms with Gasteiger partial charge in [0.05, 0.1) is 28.2 Å². The highest BCUT2D eigenvalue weighted by atomic mass is 16.1. The van der Waals surface area contributed by atoms with Crippen molar-refractivity contribution in [1.82, 2.24) is 0 Å². The number of anilines is 9. The molecular weight excluding hydrogens is 803 g/mol. The molecule has 0 aromatic heterocycles. The zero-order chi connectivity index (χ0) is 44.0. The van der Waals surface area contributed by atoms with E-state index in [-0.39, 0.29) is 5.78 Å². The Kier molecular flexibility index (Phi) is 9.50. The third-order valence-electron chi connectivity index (χ3n) is 13.2. The van der Waals surface area contributed by atoms with Crippen molar-refractivity contribution in [3.8, 4) is 11.1 Å². The number of nitrogens with zero attached hydrogens (tertiary/aromatic N) is 3. The molecule has 0 atom stereocenters. The molecule has 4 heteroatoms. The molecule has 312 valence electrons. The second kappa shape index (κ2) is 16.1. The second-order valence-electron chi connectivity index (χ2n) is 16.8. The van der Waals surface area contributed by atoms with Gasteiger partial charge in [-0.1, -0.05) is 176 Å². The molecule has 0 N–H and O–H groups in total. The topological polar surface area (TPSA) is 26.8 Å². The van der Waals surface area contributed by atoms with Gasteiger partial charge < -0.3 is 14.7 Å². The number of benzene rings is 10. The van der Waals surface area contributed by atoms with Crippen molar-refractivity contribution in [3.05, 3.63) is 294 Å². The summed E-state index contributed by atoms with van der Waals surface area (Å²) in [5, 5.41) is 0. The van der Waals surface area contributed by atoms with Crippen molar-refractivity contribution in [2.45, 2.75) is 5.41 Å². The molecular formula is C62H43N3O. The van der Waals surface area contributed by atoms with Crippen molar-refractivity contribution in [1.29, 1.82) is 0 Å². The Hall–Kier alpha value is -8.73. The molecule has 66 heavy (non-hydrogen) atoms. The molecule has 0 saturated carbocycles. The molecule has 4 nitrogen and oxygen atoms in total. The summed E-state index contributed by atoms with van der Waals surface area (Å²) in [6, 6.07) is 91.8. The fourth-order valence-corrected chi connectivity index (χ4v) is 10.4. The Morgan fingerprint density at radius 2 is 0.742 bits per heavy atom. The number of hydrogen-bond acceptors (Lipinski definition) is 4. The molecule has 0 fully saturated rings. The number of ketones is 1. The fraction of sp³-hybridized carbons (Fsp3) is 0.0161. The van der Waals surface area contributed by atoms with Crippen molar-refractivity contribution >= 4 is 57.0 Å². The molecule has 10 aromatic carbocycles. The van der Waals surface area contributed by atoms with E-state index < -0.39 is 5.41 Å². The minimum absolute atomic E-state index is 0.0342. The van der Waals surface area contributed by atoms with Gasteiger partial charge in [-0.25, -0.2) is 0 Å². The second-order valence-corrected chi connectivity index (χ2v) is 16.8. The first-order chi connectivity index (χ1) is 32.7. The Bertz CT molecular complexity index is 3300. The molecule has 10 aromatic rings. The van der Waals surface area contributed by atoms with Crippen LogP contribution in [0, 0.1) is 0 Å². The van der Waals surface area contributed by atoms with Gasteiger partial charge in [-0.05, 0) is 118 Å². The Morgan fingerprint density at radius 1 is 0.318 bits per heavy atom. The van der Waals surface area contributed by atoms with Crippen LogP contribution < -0.4 is 14.7 Å². The maximum Gasteiger partial charge on any atom is 0.193 e. The number of fused-ring (bicyclic) bond motifs is 4. The van der Waals surface area contributed by atoms with Gasteiger partial charge in [0.1, 0.15) is 0 Å². The fourth-order valence-electron chi connectivity index (χ4n) is 10.4. The molecule has 0 unspecified atom stereocenters. The molecule has 1 aliphatic heterocycles. The summed E-state index contributed by atoms with van der Waals surface area (Å²) in [4.78, 5) is 22.0. The first kappa shape index (κ1) is 38.9. The molecule has 1 aliphatic carbocycles. The molecule has 0 amide bonds. The van der Waals surface area contributed by atoms with E-state index in [1.807, 2.05) is 12.1 Å². The number of hydrogen-bond donors (Lipinski definition) is 0. The number of para-hydroxylation sites is 4. The smallest absolute Gasteiger partial charge is 0.193 e. The standard InChI is InChI=1S/C62H43N3O/c66-61-53-33-19-20-34-55(53)62(46-21-7-1-8-22-46,47-23-9-2-10-24-47)56-38-35-44(41-54(56)61)45-36-39-57-59(42-45)65(51-31-17-6-18-32-51)60-43-52(37-40-58(60)64(57)50-29-15-5-16-30-50)63(48-25-11-3-12-26-48)49-27-13-4-14-28-49/h1-43H. The minimum atomic E-state index is -0.703. The van der Waals surface area contributed by atoms with E-state index in [9.17, 15) is 4.79 Å². The van der Waals surface area contributed by atoms with Crippen LogP contribution in [0.2, 0.25) is 0 Å². The maximum atomic E-state index is 14.9. The van der Waals surface area contributed by atoms with Gasteiger partial charge in [-0.15, -0.1) is 0 Å². The quantitative estimate of drug-likeness (QED) is 0.152. The van der Waals surface area contributed by atoms with Gasteiger partial charge in [0.2, 0.25) is 0 Å². The number of carbonyl (C=O) groups excluding carboxylic acids is 1. The van der Waals surface area contributed by atoms with E-state index in [4.69, 9.17) is 0 Å². The summed E-state index contributed by atoms with van der Waals surface area (Å²) < 4.78 is 0. The van der Waals surface area contributed by atoms with Crippen molar-refractivity contribution in [2.24, 2.45) is 0 Å². The van der Waals surface area contributed by atoms with Crippen molar-refractivity contribution in [3.63, 3.8) is 0 Å². The van der Waals surface area contributed by atoms with E-state index in [0.717, 1.165) is 90.1 Å². The van der Waals surface area contributed by atoms with E-state index in [1.54, 1.807) is 0 Å². The highest BCUT2D eigenvalue weighted by Crippen LogP contribution is 2.57. The van der Waals surface area contributed by atoms with Crippen molar-refractivity contribution < 1.29 is 4.79 Å². The van der Waals surface area contributed by atoms with Crippen molar-refractivity contribution in [2.75, 3.05) is 14.7 Å². The first-order valence-electron chi connectivity index (χ1n) is 22.5. The summed E-state index contributed by atoms with van der Waals surface area (Å²) in [7, 11) is 0. The third kappa shape index (κ3) is 6.26. The number of rotatable bonds is 8. The molecule has 12 rings (SSSR count). The van der Waals surface area contributed by atoms with Gasteiger partial charge >= 0.3 is 0 Å². The van der Waals surface area contributed by atoms with Crippen LogP contribution in [0.25, 0.3) is 11.1 Å². The van der Waals surface area contributed by atoms with Gasteiger partial charge in [0.25, 0.3) is 0 Å². The Labute approximate surface area is 385 Å². The summed E-state index contributed by atoms with van der Waals surface area (Å²) in [5.41, 5.74) is 16.4. The SMILES string of the molecule is O=C1c2ccccc2C(c2ccccc2)(c2ccccc2)c2ccc(-c3ccc4c(c3)N(c3ccccc3)c3cc(N(c5ccccc5)c5ccccc5)ccc3N4c3ccccc3)cc21. The first-order valence-corrected chi connectivity index (χ1v) is 22.5. The predicted octanol–water partition coefficient (Wildman–Crippen LogP) is 16.0. The zero-order valence-corrected chi connectivity index (χ0v) is 36.1. The van der Waals surface area contributed by atoms with Crippen LogP contribution in [-0.2, 0) is 5.41 Å². The van der Waals surface area contributed by atoms with E-state index in [1.165, 1.54) is 0 Å². The molecule has 0 bridgehead atoms. The van der Waals surface area contributed by atoms with Gasteiger partial charge in [-0.2, -0.15) is 0 Å². The lowest BCUT2D eigenvalue weighted by Crippen LogP contribution is -2.38. The molecule has 1 heterocycles. The summed E-state index contributed by atoms with van der Waals surface area (Å²) in [6.07, 6.45) is 0. The normalized spacial score (nSPS) is 13.2. The lowest BCUT2D eigenvalue weighted by molar-refractivity contribution is 0.103. The molecule has 0 radical (unpaired) electrons. The molecule has 2 aliphatic rings. The highest BCUT2D eigenvalue weighted by molar-refractivity contribution is 6.15. The maximum absolute atomic E-state index is 14.9. The van der Waals surface area contributed by atoms with Gasteiger partial charge in [0, 0.05) is 39.6 Å². The lowest BCUT2D eigenvalue weighted by Gasteiger charge is -2.42. The Balaban J connectivity index is 1.07. The summed E-state index contributed by atoms with van der Waals surface area (Å²) in [6.45, 7) is 0. The third-order valence-corrected chi connectivity index (χ3v) is 13.2. The van der Waals surface area contributed by atoms with Gasteiger partial charge in [-0.3, -0.25) is 4.79 Å². The van der Waals surface area contributed by atoms with Crippen LogP contribution in [0.15, 0.2) is 261 Å². The van der Waals surface area contributed by atoms with E-state index in [2.05, 4.69) is 263 Å². The van der Waals surface area contributed by atoms with Crippen LogP contribution in [0.3, 0.4) is 0 Å². The summed E-state index contributed by atoms with van der Waals surface area (Å²) in [5.74, 6) is 0.0342. The van der Waals surface area contributed by atoms with E-state index in [0.29, 0.717) is 5.56 Å². The van der Waals surface area contributed by atoms with E-state index >= 15 is 0 Å². The molecule has 0 spiro atoms. The van der Waals surface area contributed by atoms with Crippen LogP contribution in [0.1, 0.15) is 38.2 Å². The highest BCUT2D eigenvalue weighted by Gasteiger charge is 2.46. The summed E-state index contributed by atoms with van der Waals surface area (Å²) >= 11 is 0.